The van der Waals surface area contributed by atoms with Crippen molar-refractivity contribution < 1.29 is 9.53 Å². The zero-order chi connectivity index (χ0) is 15.0. The van der Waals surface area contributed by atoms with Gasteiger partial charge in [-0.05, 0) is 42.9 Å². The predicted molar refractivity (Wildman–Crippen MR) is 80.5 cm³/mol. The van der Waals surface area contributed by atoms with Crippen LogP contribution in [0, 0.1) is 16.7 Å². The Hall–Kier alpha value is -0.610. The topological polar surface area (TPSA) is 50.4 Å². The maximum atomic E-state index is 12.0. The number of hydrogen-bond donors (Lipinski definition) is 2. The van der Waals surface area contributed by atoms with Crippen LogP contribution >= 0.6 is 0 Å². The number of hydrogen-bond acceptors (Lipinski definition) is 3. The van der Waals surface area contributed by atoms with Crippen molar-refractivity contribution in [1.82, 2.24) is 10.6 Å². The molecule has 0 aromatic rings. The van der Waals surface area contributed by atoms with Crippen molar-refractivity contribution in [3.8, 4) is 0 Å². The van der Waals surface area contributed by atoms with Gasteiger partial charge in [-0.15, -0.1) is 0 Å². The Balaban J connectivity index is 1.86. The fourth-order valence-electron chi connectivity index (χ4n) is 4.62. The molecule has 0 aliphatic heterocycles. The van der Waals surface area contributed by atoms with Gasteiger partial charge in [0.1, 0.15) is 0 Å². The molecule has 0 heterocycles. The van der Waals surface area contributed by atoms with Crippen molar-refractivity contribution in [1.29, 1.82) is 0 Å². The highest BCUT2D eigenvalue weighted by molar-refractivity contribution is 5.78. The molecule has 0 saturated heterocycles. The lowest BCUT2D eigenvalue weighted by Crippen LogP contribution is -2.53. The van der Waals surface area contributed by atoms with E-state index in [2.05, 4.69) is 31.4 Å². The fourth-order valence-corrected chi connectivity index (χ4v) is 4.62. The van der Waals surface area contributed by atoms with Gasteiger partial charge in [-0.25, -0.2) is 0 Å². The Labute approximate surface area is 123 Å². The molecule has 20 heavy (non-hydrogen) atoms. The summed E-state index contributed by atoms with van der Waals surface area (Å²) in [6.07, 6.45) is 3.94. The zero-order valence-electron chi connectivity index (χ0n) is 13.6. The summed E-state index contributed by atoms with van der Waals surface area (Å²) in [5.74, 6) is 0.872. The fraction of sp³-hybridized carbons (Fsp3) is 0.938. The van der Waals surface area contributed by atoms with Crippen LogP contribution in [0.15, 0.2) is 0 Å². The molecule has 2 saturated carbocycles. The van der Waals surface area contributed by atoms with Crippen LogP contribution in [0.2, 0.25) is 0 Å². The predicted octanol–water partition coefficient (Wildman–Crippen LogP) is 1.94. The van der Waals surface area contributed by atoms with E-state index in [1.54, 1.807) is 7.11 Å². The molecule has 4 nitrogen and oxygen atoms in total. The minimum atomic E-state index is 0.0664. The van der Waals surface area contributed by atoms with E-state index >= 15 is 0 Å². The summed E-state index contributed by atoms with van der Waals surface area (Å²) < 4.78 is 5.04. The molecule has 4 atom stereocenters. The number of carbonyl (C=O) groups excluding carboxylic acids is 1. The highest BCUT2D eigenvalue weighted by Crippen LogP contribution is 2.62. The van der Waals surface area contributed by atoms with E-state index in [9.17, 15) is 4.79 Å². The lowest BCUT2D eigenvalue weighted by Gasteiger charge is -2.43. The van der Waals surface area contributed by atoms with Crippen LogP contribution in [0.5, 0.6) is 0 Å². The Morgan fingerprint density at radius 3 is 2.65 bits per heavy atom. The second kappa shape index (κ2) is 5.64. The number of fused-ring (bicyclic) bond motifs is 2. The van der Waals surface area contributed by atoms with Crippen LogP contribution in [0.3, 0.4) is 0 Å². The molecule has 1 amide bonds. The van der Waals surface area contributed by atoms with Crippen molar-refractivity contribution in [3.05, 3.63) is 0 Å². The minimum Gasteiger partial charge on any atom is -0.383 e. The van der Waals surface area contributed by atoms with E-state index in [-0.39, 0.29) is 11.9 Å². The molecule has 0 radical (unpaired) electrons. The maximum absolute atomic E-state index is 12.0. The van der Waals surface area contributed by atoms with E-state index in [0.29, 0.717) is 30.0 Å². The lowest BCUT2D eigenvalue weighted by atomic mass is 9.68. The number of ether oxygens (including phenoxy) is 1. The van der Waals surface area contributed by atoms with Gasteiger partial charge in [0.15, 0.2) is 0 Å². The molecule has 4 unspecified atom stereocenters. The first-order chi connectivity index (χ1) is 9.29. The molecular formula is C16H30N2O2. The molecule has 2 rings (SSSR count). The van der Waals surface area contributed by atoms with Crippen molar-refractivity contribution in [2.75, 3.05) is 20.3 Å². The molecule has 0 aromatic heterocycles. The Morgan fingerprint density at radius 1 is 1.40 bits per heavy atom. The summed E-state index contributed by atoms with van der Waals surface area (Å²) in [5, 5.41) is 6.50. The molecule has 4 heteroatoms. The summed E-state index contributed by atoms with van der Waals surface area (Å²) in [4.78, 5) is 12.0. The molecule has 116 valence electrons. The second-order valence-electron chi connectivity index (χ2n) is 7.65. The molecular weight excluding hydrogens is 252 g/mol. The summed E-state index contributed by atoms with van der Waals surface area (Å²) in [6.45, 7) is 10.0. The van der Waals surface area contributed by atoms with Crippen LogP contribution in [-0.2, 0) is 9.53 Å². The van der Waals surface area contributed by atoms with Crippen LogP contribution in [0.25, 0.3) is 0 Å². The second-order valence-corrected chi connectivity index (χ2v) is 7.65. The SMILES string of the molecule is COCC(C)NC(=O)CNC1C2(C)CCC(C2)C1(C)C. The van der Waals surface area contributed by atoms with Crippen molar-refractivity contribution in [2.24, 2.45) is 16.7 Å². The molecule has 2 bridgehead atoms. The lowest BCUT2D eigenvalue weighted by molar-refractivity contribution is -0.121. The number of carbonyl (C=O) groups is 1. The average molecular weight is 282 g/mol. The smallest absolute Gasteiger partial charge is 0.234 e. The number of methoxy groups -OCH3 is 1. The summed E-state index contributed by atoms with van der Waals surface area (Å²) in [7, 11) is 1.65. The minimum absolute atomic E-state index is 0.0664. The molecule has 0 spiro atoms. The average Bonchev–Trinajstić information content (AvgIpc) is 2.79. The van der Waals surface area contributed by atoms with Gasteiger partial charge in [0.05, 0.1) is 13.2 Å². The van der Waals surface area contributed by atoms with E-state index in [1.165, 1.54) is 19.3 Å². The van der Waals surface area contributed by atoms with Crippen LogP contribution in [0.4, 0.5) is 0 Å². The summed E-state index contributed by atoms with van der Waals surface area (Å²) >= 11 is 0. The van der Waals surface area contributed by atoms with Gasteiger partial charge in [0.25, 0.3) is 0 Å². The first-order valence-corrected chi connectivity index (χ1v) is 7.81. The van der Waals surface area contributed by atoms with Gasteiger partial charge in [-0.1, -0.05) is 20.8 Å². The van der Waals surface area contributed by atoms with Crippen molar-refractivity contribution in [2.45, 2.75) is 59.0 Å². The van der Waals surface area contributed by atoms with Gasteiger partial charge < -0.3 is 15.4 Å². The summed E-state index contributed by atoms with van der Waals surface area (Å²) in [6, 6.07) is 0.509. The third-order valence-electron chi connectivity index (χ3n) is 5.56. The monoisotopic (exact) mass is 282 g/mol. The highest BCUT2D eigenvalue weighted by atomic mass is 16.5. The summed E-state index contributed by atoms with van der Waals surface area (Å²) in [5.41, 5.74) is 0.665. The maximum Gasteiger partial charge on any atom is 0.234 e. The Bertz CT molecular complexity index is 365. The number of amides is 1. The zero-order valence-corrected chi connectivity index (χ0v) is 13.6. The molecule has 2 aliphatic carbocycles. The van der Waals surface area contributed by atoms with Gasteiger partial charge in [-0.2, -0.15) is 0 Å². The van der Waals surface area contributed by atoms with Crippen LogP contribution < -0.4 is 10.6 Å². The highest BCUT2D eigenvalue weighted by Gasteiger charge is 2.58. The van der Waals surface area contributed by atoms with Gasteiger partial charge in [0.2, 0.25) is 5.91 Å². The first-order valence-electron chi connectivity index (χ1n) is 7.81. The quantitative estimate of drug-likeness (QED) is 0.783. The van der Waals surface area contributed by atoms with E-state index in [0.717, 1.165) is 5.92 Å². The number of nitrogens with one attached hydrogen (secondary N) is 2. The van der Waals surface area contributed by atoms with E-state index in [4.69, 9.17) is 4.74 Å². The van der Waals surface area contributed by atoms with Crippen LogP contribution in [-0.4, -0.2) is 38.3 Å². The van der Waals surface area contributed by atoms with E-state index < -0.39 is 0 Å². The standard InChI is InChI=1S/C16H30N2O2/c1-11(10-20-5)18-13(19)9-17-14-15(2,3)12-6-7-16(14,4)8-12/h11-12,14,17H,6-10H2,1-5H3,(H,18,19). The Kier molecular flexibility index (Phi) is 4.45. The third kappa shape index (κ3) is 2.86. The normalized spacial score (nSPS) is 36.0. The van der Waals surface area contributed by atoms with Gasteiger partial charge in [0, 0.05) is 19.2 Å². The number of rotatable bonds is 6. The molecule has 0 aromatic carbocycles. The van der Waals surface area contributed by atoms with Gasteiger partial charge in [-0.3, -0.25) is 4.79 Å². The largest absolute Gasteiger partial charge is 0.383 e. The third-order valence-corrected chi connectivity index (χ3v) is 5.56. The van der Waals surface area contributed by atoms with E-state index in [1.807, 2.05) is 6.92 Å². The molecule has 2 aliphatic rings. The molecule has 2 N–H and O–H groups in total. The van der Waals surface area contributed by atoms with Crippen LogP contribution in [0.1, 0.15) is 47.0 Å². The molecule has 2 fully saturated rings. The Morgan fingerprint density at radius 2 is 2.10 bits per heavy atom. The van der Waals surface area contributed by atoms with Crippen molar-refractivity contribution in [3.63, 3.8) is 0 Å². The first kappa shape index (κ1) is 15.8. The van der Waals surface area contributed by atoms with Gasteiger partial charge >= 0.3 is 0 Å². The van der Waals surface area contributed by atoms with Crippen molar-refractivity contribution >= 4 is 5.91 Å².